The van der Waals surface area contributed by atoms with Gasteiger partial charge in [-0.15, -0.1) is 11.3 Å². The summed E-state index contributed by atoms with van der Waals surface area (Å²) in [7, 11) is 0. The first-order valence-corrected chi connectivity index (χ1v) is 8.29. The average Bonchev–Trinajstić information content (AvgIpc) is 3.08. The lowest BCUT2D eigenvalue weighted by atomic mass is 10.1. The zero-order valence-corrected chi connectivity index (χ0v) is 14.0. The number of rotatable bonds is 5. The maximum Gasteiger partial charge on any atom is 0.416 e. The van der Waals surface area contributed by atoms with Crippen LogP contribution in [0.25, 0.3) is 11.3 Å². The van der Waals surface area contributed by atoms with Crippen molar-refractivity contribution in [2.45, 2.75) is 12.8 Å². The molecule has 0 saturated heterocycles. The molecule has 2 aromatic carbocycles. The minimum Gasteiger partial charge on any atom is -0.486 e. The fraction of sp³-hybridized carbons (Fsp3) is 0.111. The Labute approximate surface area is 150 Å². The molecule has 0 bridgehead atoms. The Balaban J connectivity index is 1.64. The van der Waals surface area contributed by atoms with Gasteiger partial charge in [-0.3, -0.25) is 0 Å². The van der Waals surface area contributed by atoms with E-state index in [2.05, 4.69) is 4.98 Å². The molecule has 0 spiro atoms. The lowest BCUT2D eigenvalue weighted by Gasteiger charge is -2.08. The van der Waals surface area contributed by atoms with Crippen LogP contribution in [0, 0.1) is 0 Å². The first-order valence-electron chi connectivity index (χ1n) is 7.41. The molecule has 8 heteroatoms. The van der Waals surface area contributed by atoms with Gasteiger partial charge in [-0.2, -0.15) is 13.2 Å². The van der Waals surface area contributed by atoms with Crippen molar-refractivity contribution in [2.24, 2.45) is 0 Å². The van der Waals surface area contributed by atoms with E-state index in [0.717, 1.165) is 17.7 Å². The average molecular weight is 379 g/mol. The fourth-order valence-electron chi connectivity index (χ4n) is 2.18. The van der Waals surface area contributed by atoms with Crippen LogP contribution in [0.15, 0.2) is 53.9 Å². The zero-order chi connectivity index (χ0) is 18.7. The molecule has 0 aliphatic carbocycles. The molecule has 1 N–H and O–H groups in total. The summed E-state index contributed by atoms with van der Waals surface area (Å²) in [6, 6.07) is 10.8. The summed E-state index contributed by atoms with van der Waals surface area (Å²) in [5.74, 6) is -0.680. The van der Waals surface area contributed by atoms with Gasteiger partial charge < -0.3 is 9.84 Å². The van der Waals surface area contributed by atoms with E-state index in [9.17, 15) is 18.0 Å². The molecule has 0 amide bonds. The van der Waals surface area contributed by atoms with E-state index in [1.165, 1.54) is 35.6 Å². The molecule has 3 aromatic rings. The molecule has 0 aliphatic rings. The van der Waals surface area contributed by atoms with Gasteiger partial charge in [0.05, 0.1) is 16.8 Å². The molecule has 1 aromatic heterocycles. The standard InChI is InChI=1S/C18H12F3NO3S/c19-18(20,21)13-5-7-14(8-6-13)25-9-16-22-15(10-26-16)11-1-3-12(4-2-11)17(23)24/h1-8,10H,9H2,(H,23,24). The second kappa shape index (κ2) is 7.17. The highest BCUT2D eigenvalue weighted by molar-refractivity contribution is 7.09. The summed E-state index contributed by atoms with van der Waals surface area (Å²) in [5, 5.41) is 11.4. The van der Waals surface area contributed by atoms with Crippen LogP contribution in [-0.4, -0.2) is 16.1 Å². The monoisotopic (exact) mass is 379 g/mol. The number of hydrogen-bond donors (Lipinski definition) is 1. The number of halogens is 3. The van der Waals surface area contributed by atoms with Crippen LogP contribution in [-0.2, 0) is 12.8 Å². The van der Waals surface area contributed by atoms with Gasteiger partial charge in [0.25, 0.3) is 0 Å². The highest BCUT2D eigenvalue weighted by Gasteiger charge is 2.30. The molecule has 0 saturated carbocycles. The van der Waals surface area contributed by atoms with Gasteiger partial charge in [-0.05, 0) is 36.4 Å². The Bertz CT molecular complexity index is 903. The molecule has 0 radical (unpaired) electrons. The molecule has 0 fully saturated rings. The number of alkyl halides is 3. The molecule has 4 nitrogen and oxygen atoms in total. The Morgan fingerprint density at radius 3 is 2.31 bits per heavy atom. The van der Waals surface area contributed by atoms with Crippen molar-refractivity contribution >= 4 is 17.3 Å². The number of nitrogens with zero attached hydrogens (tertiary/aromatic N) is 1. The van der Waals surface area contributed by atoms with Gasteiger partial charge in [-0.25, -0.2) is 9.78 Å². The topological polar surface area (TPSA) is 59.4 Å². The molecule has 0 atom stereocenters. The van der Waals surface area contributed by atoms with E-state index in [0.29, 0.717) is 16.5 Å². The Kier molecular flexibility index (Phi) is 4.94. The first-order chi connectivity index (χ1) is 12.3. The number of carboxylic acid groups (broad SMARTS) is 1. The van der Waals surface area contributed by atoms with Crippen molar-refractivity contribution < 1.29 is 27.8 Å². The SMILES string of the molecule is O=C(O)c1ccc(-c2csc(COc3ccc(C(F)(F)F)cc3)n2)cc1. The van der Waals surface area contributed by atoms with Crippen LogP contribution in [0.4, 0.5) is 13.2 Å². The van der Waals surface area contributed by atoms with Crippen molar-refractivity contribution in [2.75, 3.05) is 0 Å². The molecule has 26 heavy (non-hydrogen) atoms. The zero-order valence-electron chi connectivity index (χ0n) is 13.2. The number of carboxylic acids is 1. The first kappa shape index (κ1) is 17.9. The number of aromatic carboxylic acids is 1. The molecule has 134 valence electrons. The molecule has 1 heterocycles. The summed E-state index contributed by atoms with van der Waals surface area (Å²) in [6.45, 7) is 0.128. The fourth-order valence-corrected chi connectivity index (χ4v) is 2.89. The van der Waals surface area contributed by atoms with Crippen molar-refractivity contribution in [3.63, 3.8) is 0 Å². The van der Waals surface area contributed by atoms with E-state index in [4.69, 9.17) is 9.84 Å². The third-order valence-corrected chi connectivity index (χ3v) is 4.35. The van der Waals surface area contributed by atoms with E-state index in [-0.39, 0.29) is 12.2 Å². The number of ether oxygens (including phenoxy) is 1. The maximum atomic E-state index is 12.5. The van der Waals surface area contributed by atoms with Crippen molar-refractivity contribution in [1.29, 1.82) is 0 Å². The van der Waals surface area contributed by atoms with Gasteiger partial charge in [0.2, 0.25) is 0 Å². The van der Waals surface area contributed by atoms with Crippen LogP contribution in [0.1, 0.15) is 20.9 Å². The van der Waals surface area contributed by atoms with Crippen molar-refractivity contribution in [3.8, 4) is 17.0 Å². The highest BCUT2D eigenvalue weighted by atomic mass is 32.1. The van der Waals surface area contributed by atoms with E-state index in [1.54, 1.807) is 17.5 Å². The Morgan fingerprint density at radius 1 is 1.08 bits per heavy atom. The summed E-state index contributed by atoms with van der Waals surface area (Å²) >= 11 is 1.35. The summed E-state index contributed by atoms with van der Waals surface area (Å²) in [5.41, 5.74) is 0.908. The summed E-state index contributed by atoms with van der Waals surface area (Å²) < 4.78 is 43.0. The Morgan fingerprint density at radius 2 is 1.73 bits per heavy atom. The van der Waals surface area contributed by atoms with Crippen LogP contribution in [0.2, 0.25) is 0 Å². The predicted molar refractivity (Wildman–Crippen MR) is 90.3 cm³/mol. The van der Waals surface area contributed by atoms with Crippen LogP contribution < -0.4 is 4.74 Å². The lowest BCUT2D eigenvalue weighted by Crippen LogP contribution is -2.04. The lowest BCUT2D eigenvalue weighted by molar-refractivity contribution is -0.137. The smallest absolute Gasteiger partial charge is 0.416 e. The third kappa shape index (κ3) is 4.20. The number of thiazole rings is 1. The Hall–Kier alpha value is -2.87. The summed E-state index contributed by atoms with van der Waals surface area (Å²) in [6.07, 6.45) is -4.38. The van der Waals surface area contributed by atoms with E-state index < -0.39 is 17.7 Å². The van der Waals surface area contributed by atoms with Gasteiger partial charge in [0, 0.05) is 10.9 Å². The minimum atomic E-state index is -4.38. The second-order valence-electron chi connectivity index (χ2n) is 5.32. The number of aromatic nitrogens is 1. The molecule has 0 aliphatic heterocycles. The van der Waals surface area contributed by atoms with Crippen molar-refractivity contribution in [1.82, 2.24) is 4.98 Å². The van der Waals surface area contributed by atoms with E-state index >= 15 is 0 Å². The second-order valence-corrected chi connectivity index (χ2v) is 6.26. The molecule has 3 rings (SSSR count). The van der Waals surface area contributed by atoms with Gasteiger partial charge >= 0.3 is 12.1 Å². The highest BCUT2D eigenvalue weighted by Crippen LogP contribution is 2.30. The normalized spacial score (nSPS) is 11.3. The van der Waals surface area contributed by atoms with Gasteiger partial charge in [-0.1, -0.05) is 12.1 Å². The quantitative estimate of drug-likeness (QED) is 0.670. The van der Waals surface area contributed by atoms with Gasteiger partial charge in [0.15, 0.2) is 0 Å². The molecule has 0 unspecified atom stereocenters. The number of benzene rings is 2. The van der Waals surface area contributed by atoms with E-state index in [1.807, 2.05) is 0 Å². The van der Waals surface area contributed by atoms with Crippen LogP contribution >= 0.6 is 11.3 Å². The summed E-state index contributed by atoms with van der Waals surface area (Å²) in [4.78, 5) is 15.2. The van der Waals surface area contributed by atoms with Crippen molar-refractivity contribution in [3.05, 3.63) is 70.0 Å². The van der Waals surface area contributed by atoms with Crippen LogP contribution in [0.5, 0.6) is 5.75 Å². The largest absolute Gasteiger partial charge is 0.486 e. The predicted octanol–water partition coefficient (Wildman–Crippen LogP) is 5.11. The minimum absolute atomic E-state index is 0.128. The maximum absolute atomic E-state index is 12.5. The number of hydrogen-bond acceptors (Lipinski definition) is 4. The molecular formula is C18H12F3NO3S. The van der Waals surface area contributed by atoms with Crippen LogP contribution in [0.3, 0.4) is 0 Å². The number of carbonyl (C=O) groups is 1. The molecular weight excluding hydrogens is 367 g/mol. The van der Waals surface area contributed by atoms with Gasteiger partial charge in [0.1, 0.15) is 17.4 Å². The third-order valence-electron chi connectivity index (χ3n) is 3.52.